The number of nitrogens with one attached hydrogen (secondary N) is 2. The zero-order valence-corrected chi connectivity index (χ0v) is 12.7. The Labute approximate surface area is 130 Å². The Kier molecular flexibility index (Phi) is 5.15. The fraction of sp³-hybridized carbons (Fsp3) is 0.500. The summed E-state index contributed by atoms with van der Waals surface area (Å²) in [4.78, 5) is 24.1. The molecule has 2 rings (SSSR count). The SMILES string of the molecule is C[C@@H](O)[C@H](NC(=O)C1(Cc2ccccc2)CCCN1)C(N)=O. The van der Waals surface area contributed by atoms with Crippen molar-refractivity contribution in [2.24, 2.45) is 5.73 Å². The van der Waals surface area contributed by atoms with Crippen LogP contribution in [0.2, 0.25) is 0 Å². The zero-order chi connectivity index (χ0) is 16.2. The first-order valence-corrected chi connectivity index (χ1v) is 7.52. The topological polar surface area (TPSA) is 104 Å². The molecule has 22 heavy (non-hydrogen) atoms. The Hall–Kier alpha value is -1.92. The summed E-state index contributed by atoms with van der Waals surface area (Å²) in [5.74, 6) is -1.03. The van der Waals surface area contributed by atoms with E-state index in [1.54, 1.807) is 0 Å². The minimum Gasteiger partial charge on any atom is -0.391 e. The summed E-state index contributed by atoms with van der Waals surface area (Å²) < 4.78 is 0. The molecule has 120 valence electrons. The van der Waals surface area contributed by atoms with E-state index < -0.39 is 23.6 Å². The number of hydrogen-bond acceptors (Lipinski definition) is 4. The maximum absolute atomic E-state index is 12.7. The van der Waals surface area contributed by atoms with Crippen molar-refractivity contribution in [2.45, 2.75) is 43.9 Å². The van der Waals surface area contributed by atoms with Crippen molar-refractivity contribution in [1.29, 1.82) is 0 Å². The number of aliphatic hydroxyl groups excluding tert-OH is 1. The van der Waals surface area contributed by atoms with E-state index in [1.165, 1.54) is 6.92 Å². The summed E-state index contributed by atoms with van der Waals surface area (Å²) in [5, 5.41) is 15.5. The van der Waals surface area contributed by atoms with E-state index in [9.17, 15) is 14.7 Å². The van der Waals surface area contributed by atoms with Gasteiger partial charge in [0, 0.05) is 0 Å². The summed E-state index contributed by atoms with van der Waals surface area (Å²) in [5.41, 5.74) is 5.53. The summed E-state index contributed by atoms with van der Waals surface area (Å²) in [6.45, 7) is 2.18. The Balaban J connectivity index is 2.16. The van der Waals surface area contributed by atoms with Crippen molar-refractivity contribution in [3.05, 3.63) is 35.9 Å². The van der Waals surface area contributed by atoms with Crippen LogP contribution in [-0.4, -0.2) is 41.2 Å². The van der Waals surface area contributed by atoms with Gasteiger partial charge in [-0.25, -0.2) is 0 Å². The van der Waals surface area contributed by atoms with Crippen molar-refractivity contribution in [1.82, 2.24) is 10.6 Å². The first-order valence-electron chi connectivity index (χ1n) is 7.52. The molecule has 0 saturated carbocycles. The molecule has 1 heterocycles. The van der Waals surface area contributed by atoms with Gasteiger partial charge in [-0.15, -0.1) is 0 Å². The average molecular weight is 305 g/mol. The number of nitrogens with two attached hydrogens (primary N) is 1. The van der Waals surface area contributed by atoms with Crippen molar-refractivity contribution in [2.75, 3.05) is 6.54 Å². The van der Waals surface area contributed by atoms with Crippen LogP contribution < -0.4 is 16.4 Å². The minimum absolute atomic E-state index is 0.293. The fourth-order valence-corrected chi connectivity index (χ4v) is 2.88. The van der Waals surface area contributed by atoms with Gasteiger partial charge in [-0.1, -0.05) is 30.3 Å². The van der Waals surface area contributed by atoms with E-state index in [0.29, 0.717) is 12.8 Å². The molecule has 1 aromatic carbocycles. The lowest BCUT2D eigenvalue weighted by Gasteiger charge is -2.31. The largest absolute Gasteiger partial charge is 0.391 e. The molecule has 6 heteroatoms. The second-order valence-corrected chi connectivity index (χ2v) is 5.87. The van der Waals surface area contributed by atoms with Crippen LogP contribution in [0.25, 0.3) is 0 Å². The van der Waals surface area contributed by atoms with E-state index in [1.807, 2.05) is 30.3 Å². The van der Waals surface area contributed by atoms with E-state index in [-0.39, 0.29) is 5.91 Å². The lowest BCUT2D eigenvalue weighted by atomic mass is 9.88. The first kappa shape index (κ1) is 16.5. The molecule has 1 fully saturated rings. The number of hydrogen-bond donors (Lipinski definition) is 4. The third-order valence-corrected chi connectivity index (χ3v) is 4.10. The molecule has 2 amide bonds. The standard InChI is InChI=1S/C16H23N3O3/c1-11(20)13(14(17)21)19-15(22)16(8-5-9-18-16)10-12-6-3-2-4-7-12/h2-4,6-7,11,13,18,20H,5,8-10H2,1H3,(H2,17,21)(H,19,22)/t11-,13+,16?/m1/s1. The van der Waals surface area contributed by atoms with Crippen molar-refractivity contribution in [3.63, 3.8) is 0 Å². The Bertz CT molecular complexity index is 525. The van der Waals surface area contributed by atoms with Gasteiger partial charge in [0.2, 0.25) is 11.8 Å². The number of benzene rings is 1. The van der Waals surface area contributed by atoms with Crippen LogP contribution in [0.15, 0.2) is 30.3 Å². The highest BCUT2D eigenvalue weighted by atomic mass is 16.3. The Morgan fingerprint density at radius 3 is 2.59 bits per heavy atom. The van der Waals surface area contributed by atoms with Crippen molar-refractivity contribution < 1.29 is 14.7 Å². The van der Waals surface area contributed by atoms with Crippen LogP contribution in [0.4, 0.5) is 0 Å². The number of rotatable bonds is 6. The third-order valence-electron chi connectivity index (χ3n) is 4.10. The molecule has 0 bridgehead atoms. The fourth-order valence-electron chi connectivity index (χ4n) is 2.88. The van der Waals surface area contributed by atoms with E-state index in [0.717, 1.165) is 18.5 Å². The van der Waals surface area contributed by atoms with Crippen molar-refractivity contribution >= 4 is 11.8 Å². The van der Waals surface area contributed by atoms with Gasteiger partial charge in [0.25, 0.3) is 0 Å². The second-order valence-electron chi connectivity index (χ2n) is 5.87. The molecule has 0 spiro atoms. The normalized spacial score (nSPS) is 23.7. The van der Waals surface area contributed by atoms with Crippen LogP contribution in [0.1, 0.15) is 25.3 Å². The predicted octanol–water partition coefficient (Wildman–Crippen LogP) is -0.298. The lowest BCUT2D eigenvalue weighted by Crippen LogP contribution is -2.61. The number of amides is 2. The van der Waals surface area contributed by atoms with E-state index in [2.05, 4.69) is 10.6 Å². The molecule has 0 aliphatic carbocycles. The summed E-state index contributed by atoms with van der Waals surface area (Å²) in [6.07, 6.45) is 1.07. The number of primary amides is 1. The summed E-state index contributed by atoms with van der Waals surface area (Å²) in [6, 6.07) is 8.64. The predicted molar refractivity (Wildman–Crippen MR) is 82.9 cm³/mol. The quantitative estimate of drug-likeness (QED) is 0.579. The molecule has 1 aliphatic rings. The van der Waals surface area contributed by atoms with Crippen molar-refractivity contribution in [3.8, 4) is 0 Å². The molecule has 1 aliphatic heterocycles. The molecule has 0 radical (unpaired) electrons. The number of carbonyl (C=O) groups excluding carboxylic acids is 2. The maximum Gasteiger partial charge on any atom is 0.242 e. The van der Waals surface area contributed by atoms with Gasteiger partial charge in [-0.3, -0.25) is 9.59 Å². The van der Waals surface area contributed by atoms with E-state index in [4.69, 9.17) is 5.73 Å². The molecule has 1 aromatic rings. The van der Waals surface area contributed by atoms with Gasteiger partial charge in [0.05, 0.1) is 6.10 Å². The van der Waals surface area contributed by atoms with Gasteiger partial charge in [-0.2, -0.15) is 0 Å². The van der Waals surface area contributed by atoms with Gasteiger partial charge in [0.15, 0.2) is 0 Å². The van der Waals surface area contributed by atoms with Gasteiger partial charge >= 0.3 is 0 Å². The van der Waals surface area contributed by atoms with Crippen LogP contribution in [0, 0.1) is 0 Å². The molecular formula is C16H23N3O3. The lowest BCUT2D eigenvalue weighted by molar-refractivity contribution is -0.133. The molecule has 5 N–H and O–H groups in total. The molecule has 1 unspecified atom stereocenters. The van der Waals surface area contributed by atoms with Crippen LogP contribution in [-0.2, 0) is 16.0 Å². The van der Waals surface area contributed by atoms with E-state index >= 15 is 0 Å². The van der Waals surface area contributed by atoms with Gasteiger partial charge < -0.3 is 21.5 Å². The monoisotopic (exact) mass is 305 g/mol. The summed E-state index contributed by atoms with van der Waals surface area (Å²) >= 11 is 0. The molecular weight excluding hydrogens is 282 g/mol. The smallest absolute Gasteiger partial charge is 0.242 e. The highest BCUT2D eigenvalue weighted by Crippen LogP contribution is 2.25. The minimum atomic E-state index is -1.08. The maximum atomic E-state index is 12.7. The molecule has 3 atom stereocenters. The summed E-state index contributed by atoms with van der Waals surface area (Å²) in [7, 11) is 0. The second kappa shape index (κ2) is 6.89. The van der Waals surface area contributed by atoms with Crippen LogP contribution in [0.5, 0.6) is 0 Å². The zero-order valence-electron chi connectivity index (χ0n) is 12.7. The van der Waals surface area contributed by atoms with Crippen LogP contribution >= 0.6 is 0 Å². The van der Waals surface area contributed by atoms with Gasteiger partial charge in [-0.05, 0) is 38.3 Å². The number of aliphatic hydroxyl groups is 1. The number of carbonyl (C=O) groups is 2. The molecule has 1 saturated heterocycles. The highest BCUT2D eigenvalue weighted by molar-refractivity contribution is 5.92. The Morgan fingerprint density at radius 1 is 1.41 bits per heavy atom. The average Bonchev–Trinajstić information content (AvgIpc) is 2.94. The van der Waals surface area contributed by atoms with Gasteiger partial charge in [0.1, 0.15) is 11.6 Å². The Morgan fingerprint density at radius 2 is 2.09 bits per heavy atom. The van der Waals surface area contributed by atoms with Crippen LogP contribution in [0.3, 0.4) is 0 Å². The third kappa shape index (κ3) is 3.64. The highest BCUT2D eigenvalue weighted by Gasteiger charge is 2.42. The first-order chi connectivity index (χ1) is 10.4. The molecule has 6 nitrogen and oxygen atoms in total. The molecule has 0 aromatic heterocycles.